The maximum absolute atomic E-state index is 4.62. The molecule has 142 valence electrons. The molecule has 0 amide bonds. The molecule has 0 saturated heterocycles. The van der Waals surface area contributed by atoms with Crippen molar-refractivity contribution >= 4 is 32.8 Å². The second-order valence-corrected chi connectivity index (χ2v) is 7.82. The number of nitrogens with one attached hydrogen (secondary N) is 1. The molecule has 0 bridgehead atoms. The fourth-order valence-electron chi connectivity index (χ4n) is 3.23. The van der Waals surface area contributed by atoms with Gasteiger partial charge in [-0.15, -0.1) is 0 Å². The summed E-state index contributed by atoms with van der Waals surface area (Å²) in [6.07, 6.45) is 3.78. The zero-order chi connectivity index (χ0) is 19.5. The molecule has 0 fully saturated rings. The van der Waals surface area contributed by atoms with Gasteiger partial charge in [0.1, 0.15) is 12.1 Å². The molecule has 1 N–H and O–H groups in total. The van der Waals surface area contributed by atoms with Crippen molar-refractivity contribution in [3.63, 3.8) is 0 Å². The molecule has 2 aromatic carbocycles. The number of rotatable bonds is 6. The molecule has 4 rings (SSSR count). The average molecular weight is 436 g/mol. The largest absolute Gasteiger partial charge is 0.368 e. The first-order valence-electron chi connectivity index (χ1n) is 9.19. The number of anilines is 1. The molecule has 28 heavy (non-hydrogen) atoms. The Morgan fingerprint density at radius 2 is 1.75 bits per heavy atom. The Labute approximate surface area is 173 Å². The zero-order valence-electron chi connectivity index (χ0n) is 15.9. The van der Waals surface area contributed by atoms with Gasteiger partial charge >= 0.3 is 0 Å². The number of nitrogens with zero attached hydrogens (tertiary/aromatic N) is 4. The van der Waals surface area contributed by atoms with E-state index >= 15 is 0 Å². The van der Waals surface area contributed by atoms with E-state index in [1.807, 2.05) is 18.2 Å². The van der Waals surface area contributed by atoms with Gasteiger partial charge in [-0.25, -0.2) is 9.97 Å². The lowest BCUT2D eigenvalue weighted by atomic mass is 10.1. The van der Waals surface area contributed by atoms with Gasteiger partial charge in [-0.3, -0.25) is 0 Å². The third kappa shape index (κ3) is 3.79. The molecule has 0 aliphatic heterocycles. The molecule has 0 unspecified atom stereocenters. The zero-order valence-corrected chi connectivity index (χ0v) is 17.5. The van der Waals surface area contributed by atoms with E-state index in [2.05, 4.69) is 97.4 Å². The van der Waals surface area contributed by atoms with Crippen LogP contribution in [0.15, 0.2) is 71.6 Å². The maximum Gasteiger partial charge on any atom is 0.150 e. The van der Waals surface area contributed by atoms with Crippen LogP contribution in [0.25, 0.3) is 27.8 Å². The lowest BCUT2D eigenvalue weighted by Gasteiger charge is -2.12. The van der Waals surface area contributed by atoms with E-state index in [1.54, 1.807) is 6.33 Å². The van der Waals surface area contributed by atoms with Crippen molar-refractivity contribution in [2.75, 3.05) is 32.5 Å². The third-order valence-corrected chi connectivity index (χ3v) is 5.15. The predicted molar refractivity (Wildman–Crippen MR) is 119 cm³/mol. The number of aromatic nitrogens is 3. The molecule has 0 aliphatic carbocycles. The number of likely N-dealkylation sites (N-methyl/N-ethyl adjacent to an activating group) is 1. The van der Waals surface area contributed by atoms with Crippen LogP contribution in [0.2, 0.25) is 0 Å². The highest BCUT2D eigenvalue weighted by Gasteiger charge is 2.17. The molecule has 0 atom stereocenters. The van der Waals surface area contributed by atoms with Gasteiger partial charge in [-0.1, -0.05) is 46.3 Å². The third-order valence-electron chi connectivity index (χ3n) is 4.62. The highest BCUT2D eigenvalue weighted by Crippen LogP contribution is 2.35. The van der Waals surface area contributed by atoms with Crippen LogP contribution in [0.3, 0.4) is 0 Å². The quantitative estimate of drug-likeness (QED) is 0.471. The minimum Gasteiger partial charge on any atom is -0.368 e. The van der Waals surface area contributed by atoms with Gasteiger partial charge in [-0.05, 0) is 43.9 Å². The van der Waals surface area contributed by atoms with Gasteiger partial charge in [0.2, 0.25) is 0 Å². The summed E-state index contributed by atoms with van der Waals surface area (Å²) in [7, 11) is 4.13. The van der Waals surface area contributed by atoms with Crippen LogP contribution in [0, 0.1) is 0 Å². The van der Waals surface area contributed by atoms with Crippen LogP contribution in [-0.2, 0) is 0 Å². The number of halogens is 1. The standard InChI is InChI=1S/C22H22BrN5/c1-27(2)13-12-24-21-20-19(16-6-4-3-5-7-16)14-28(22(20)26-15-25-21)18-10-8-17(23)9-11-18/h3-11,14-15H,12-13H2,1-2H3,(H,24,25,26). The van der Waals surface area contributed by atoms with E-state index in [9.17, 15) is 0 Å². The van der Waals surface area contributed by atoms with Gasteiger partial charge in [0.15, 0.2) is 5.65 Å². The van der Waals surface area contributed by atoms with E-state index in [0.717, 1.165) is 51.2 Å². The monoisotopic (exact) mass is 435 g/mol. The number of benzene rings is 2. The minimum atomic E-state index is 0.816. The van der Waals surface area contributed by atoms with Crippen molar-refractivity contribution in [2.24, 2.45) is 0 Å². The van der Waals surface area contributed by atoms with E-state index in [-0.39, 0.29) is 0 Å². The lowest BCUT2D eigenvalue weighted by molar-refractivity contribution is 0.425. The lowest BCUT2D eigenvalue weighted by Crippen LogP contribution is -2.21. The Bertz CT molecular complexity index is 1070. The Morgan fingerprint density at radius 3 is 2.46 bits per heavy atom. The predicted octanol–water partition coefficient (Wildman–Crippen LogP) is 4.82. The summed E-state index contributed by atoms with van der Waals surface area (Å²) < 4.78 is 3.18. The normalized spacial score (nSPS) is 11.3. The average Bonchev–Trinajstić information content (AvgIpc) is 3.10. The summed E-state index contributed by atoms with van der Waals surface area (Å²) >= 11 is 3.51. The van der Waals surface area contributed by atoms with E-state index in [1.165, 1.54) is 0 Å². The molecule has 2 heterocycles. The molecule has 2 aromatic heterocycles. The molecule has 6 heteroatoms. The van der Waals surface area contributed by atoms with E-state index in [4.69, 9.17) is 0 Å². The molecule has 0 saturated carbocycles. The fourth-order valence-corrected chi connectivity index (χ4v) is 3.49. The minimum absolute atomic E-state index is 0.816. The fraction of sp³-hybridized carbons (Fsp3) is 0.182. The summed E-state index contributed by atoms with van der Waals surface area (Å²) in [5.41, 5.74) is 4.22. The molecule has 0 aliphatic rings. The summed E-state index contributed by atoms with van der Waals surface area (Å²) in [5.74, 6) is 0.863. The molecule has 4 aromatic rings. The Kier molecular flexibility index (Phi) is 5.41. The van der Waals surface area contributed by atoms with Gasteiger partial charge in [0.05, 0.1) is 5.39 Å². The number of hydrogen-bond donors (Lipinski definition) is 1. The molecular weight excluding hydrogens is 414 g/mol. The van der Waals surface area contributed by atoms with Crippen molar-refractivity contribution < 1.29 is 0 Å². The first kappa shape index (κ1) is 18.7. The van der Waals surface area contributed by atoms with Gasteiger partial charge in [0, 0.05) is 35.0 Å². The smallest absolute Gasteiger partial charge is 0.150 e. The van der Waals surface area contributed by atoms with Crippen LogP contribution >= 0.6 is 15.9 Å². The summed E-state index contributed by atoms with van der Waals surface area (Å²) in [6.45, 7) is 1.75. The van der Waals surface area contributed by atoms with Crippen molar-refractivity contribution in [1.29, 1.82) is 0 Å². The summed E-state index contributed by atoms with van der Waals surface area (Å²) in [6, 6.07) is 18.6. The Balaban J connectivity index is 1.88. The summed E-state index contributed by atoms with van der Waals surface area (Å²) in [4.78, 5) is 11.3. The Hall–Kier alpha value is -2.70. The van der Waals surface area contributed by atoms with Crippen LogP contribution in [0.4, 0.5) is 5.82 Å². The van der Waals surface area contributed by atoms with Gasteiger partial charge in [-0.2, -0.15) is 0 Å². The second kappa shape index (κ2) is 8.12. The van der Waals surface area contributed by atoms with Crippen LogP contribution in [-0.4, -0.2) is 46.6 Å². The van der Waals surface area contributed by atoms with Gasteiger partial charge in [0.25, 0.3) is 0 Å². The highest BCUT2D eigenvalue weighted by molar-refractivity contribution is 9.10. The highest BCUT2D eigenvalue weighted by atomic mass is 79.9. The van der Waals surface area contributed by atoms with Crippen molar-refractivity contribution in [3.05, 3.63) is 71.6 Å². The van der Waals surface area contributed by atoms with Crippen molar-refractivity contribution in [3.8, 4) is 16.8 Å². The molecule has 0 spiro atoms. The maximum atomic E-state index is 4.62. The Morgan fingerprint density at radius 1 is 1.00 bits per heavy atom. The topological polar surface area (TPSA) is 46.0 Å². The first-order chi connectivity index (χ1) is 13.6. The molecule has 5 nitrogen and oxygen atoms in total. The van der Waals surface area contributed by atoms with Gasteiger partial charge < -0.3 is 14.8 Å². The molecular formula is C22H22BrN5. The SMILES string of the molecule is CN(C)CCNc1ncnc2c1c(-c1ccccc1)cn2-c1ccc(Br)cc1. The summed E-state index contributed by atoms with van der Waals surface area (Å²) in [5, 5.41) is 4.53. The number of fused-ring (bicyclic) bond motifs is 1. The number of hydrogen-bond acceptors (Lipinski definition) is 4. The van der Waals surface area contributed by atoms with Crippen LogP contribution in [0.5, 0.6) is 0 Å². The van der Waals surface area contributed by atoms with Crippen molar-refractivity contribution in [2.45, 2.75) is 0 Å². The second-order valence-electron chi connectivity index (χ2n) is 6.91. The van der Waals surface area contributed by atoms with E-state index in [0.29, 0.717) is 0 Å². The van der Waals surface area contributed by atoms with Crippen LogP contribution < -0.4 is 5.32 Å². The van der Waals surface area contributed by atoms with Crippen LogP contribution in [0.1, 0.15) is 0 Å². The first-order valence-corrected chi connectivity index (χ1v) is 9.99. The van der Waals surface area contributed by atoms with E-state index < -0.39 is 0 Å². The molecule has 0 radical (unpaired) electrons. The van der Waals surface area contributed by atoms with Crippen molar-refractivity contribution in [1.82, 2.24) is 19.4 Å².